The lowest BCUT2D eigenvalue weighted by atomic mass is 10.1. The molecular weight excluding hydrogens is 156 g/mol. The Morgan fingerprint density at radius 3 is 2.54 bits per heavy atom. The van der Waals surface area contributed by atoms with E-state index in [-0.39, 0.29) is 0 Å². The average Bonchev–Trinajstić information content (AvgIpc) is 2.19. The number of rotatable bonds is 4. The second kappa shape index (κ2) is 6.31. The largest absolute Gasteiger partial charge is 0.107 e. The Morgan fingerprint density at radius 2 is 1.85 bits per heavy atom. The third kappa shape index (κ3) is 4.38. The molecule has 13 heavy (non-hydrogen) atoms. The third-order valence-corrected chi connectivity index (χ3v) is 2.04. The molecule has 0 saturated heterocycles. The van der Waals surface area contributed by atoms with Gasteiger partial charge >= 0.3 is 0 Å². The Morgan fingerprint density at radius 1 is 1.08 bits per heavy atom. The van der Waals surface area contributed by atoms with Crippen LogP contribution in [0.5, 0.6) is 0 Å². The van der Waals surface area contributed by atoms with Crippen molar-refractivity contribution in [3.8, 4) is 11.8 Å². The SMILES string of the molecule is CC#CCCCCc1ccccc1. The maximum Gasteiger partial charge on any atom is 0.00886 e. The number of benzene rings is 1. The van der Waals surface area contributed by atoms with Crippen molar-refractivity contribution in [3.05, 3.63) is 35.9 Å². The predicted molar refractivity (Wildman–Crippen MR) is 57.4 cm³/mol. The molecule has 1 rings (SSSR count). The van der Waals surface area contributed by atoms with Crippen LogP contribution in [-0.2, 0) is 6.42 Å². The van der Waals surface area contributed by atoms with Gasteiger partial charge in [-0.3, -0.25) is 0 Å². The fraction of sp³-hybridized carbons (Fsp3) is 0.385. The van der Waals surface area contributed by atoms with Crippen molar-refractivity contribution < 1.29 is 0 Å². The van der Waals surface area contributed by atoms with Gasteiger partial charge in [-0.25, -0.2) is 0 Å². The molecule has 0 aliphatic heterocycles. The van der Waals surface area contributed by atoms with Gasteiger partial charge in [-0.15, -0.1) is 11.8 Å². The summed E-state index contributed by atoms with van der Waals surface area (Å²) in [5, 5.41) is 0. The van der Waals surface area contributed by atoms with E-state index in [1.807, 2.05) is 6.92 Å². The van der Waals surface area contributed by atoms with Gasteiger partial charge in [-0.05, 0) is 31.7 Å². The summed E-state index contributed by atoms with van der Waals surface area (Å²) in [6.07, 6.45) is 4.70. The summed E-state index contributed by atoms with van der Waals surface area (Å²) in [4.78, 5) is 0. The van der Waals surface area contributed by atoms with Gasteiger partial charge in [-0.2, -0.15) is 0 Å². The van der Waals surface area contributed by atoms with Crippen molar-refractivity contribution in [1.82, 2.24) is 0 Å². The molecule has 0 saturated carbocycles. The Balaban J connectivity index is 2.16. The number of aryl methyl sites for hydroxylation is 1. The Bertz CT molecular complexity index is 274. The summed E-state index contributed by atoms with van der Waals surface area (Å²) in [5.41, 5.74) is 1.44. The fourth-order valence-corrected chi connectivity index (χ4v) is 1.31. The van der Waals surface area contributed by atoms with E-state index in [0.717, 1.165) is 6.42 Å². The highest BCUT2D eigenvalue weighted by Crippen LogP contribution is 2.05. The van der Waals surface area contributed by atoms with Crippen molar-refractivity contribution in [3.63, 3.8) is 0 Å². The van der Waals surface area contributed by atoms with Crippen molar-refractivity contribution >= 4 is 0 Å². The molecule has 0 heteroatoms. The molecular formula is C13H16. The van der Waals surface area contributed by atoms with Crippen LogP contribution in [0.2, 0.25) is 0 Å². The first-order valence-electron chi connectivity index (χ1n) is 4.87. The lowest BCUT2D eigenvalue weighted by Crippen LogP contribution is -1.83. The molecule has 0 aromatic heterocycles. The first kappa shape index (κ1) is 9.86. The van der Waals surface area contributed by atoms with Crippen LogP contribution in [0.15, 0.2) is 30.3 Å². The quantitative estimate of drug-likeness (QED) is 0.482. The van der Waals surface area contributed by atoms with E-state index >= 15 is 0 Å². The van der Waals surface area contributed by atoms with Gasteiger partial charge < -0.3 is 0 Å². The van der Waals surface area contributed by atoms with Crippen LogP contribution in [0.3, 0.4) is 0 Å². The van der Waals surface area contributed by atoms with Crippen LogP contribution < -0.4 is 0 Å². The van der Waals surface area contributed by atoms with Gasteiger partial charge in [0, 0.05) is 6.42 Å². The first-order valence-corrected chi connectivity index (χ1v) is 4.87. The molecule has 0 N–H and O–H groups in total. The van der Waals surface area contributed by atoms with Gasteiger partial charge in [0.05, 0.1) is 0 Å². The van der Waals surface area contributed by atoms with E-state index in [2.05, 4.69) is 42.2 Å². The molecule has 68 valence electrons. The van der Waals surface area contributed by atoms with Crippen LogP contribution in [0.25, 0.3) is 0 Å². The molecule has 0 aliphatic rings. The molecule has 0 bridgehead atoms. The fourth-order valence-electron chi connectivity index (χ4n) is 1.31. The summed E-state index contributed by atoms with van der Waals surface area (Å²) < 4.78 is 0. The Hall–Kier alpha value is -1.22. The second-order valence-corrected chi connectivity index (χ2v) is 3.12. The van der Waals surface area contributed by atoms with E-state index < -0.39 is 0 Å². The van der Waals surface area contributed by atoms with E-state index in [4.69, 9.17) is 0 Å². The molecule has 0 heterocycles. The summed E-state index contributed by atoms with van der Waals surface area (Å²) in [5.74, 6) is 6.00. The number of hydrogen-bond donors (Lipinski definition) is 0. The highest BCUT2D eigenvalue weighted by molar-refractivity contribution is 5.14. The molecule has 0 aliphatic carbocycles. The smallest absolute Gasteiger partial charge is 0.00886 e. The molecule has 0 amide bonds. The monoisotopic (exact) mass is 172 g/mol. The van der Waals surface area contributed by atoms with Crippen molar-refractivity contribution in [2.75, 3.05) is 0 Å². The zero-order valence-electron chi connectivity index (χ0n) is 8.22. The standard InChI is InChI=1S/C13H16/c1-2-3-4-5-7-10-13-11-8-6-9-12-13/h6,8-9,11-12H,4-5,7,10H2,1H3. The summed E-state index contributed by atoms with van der Waals surface area (Å²) >= 11 is 0. The third-order valence-electron chi connectivity index (χ3n) is 2.04. The topological polar surface area (TPSA) is 0 Å². The van der Waals surface area contributed by atoms with Gasteiger partial charge in [0.15, 0.2) is 0 Å². The number of hydrogen-bond acceptors (Lipinski definition) is 0. The van der Waals surface area contributed by atoms with Gasteiger partial charge in [-0.1, -0.05) is 30.3 Å². The van der Waals surface area contributed by atoms with Gasteiger partial charge in [0.1, 0.15) is 0 Å². The maximum atomic E-state index is 3.08. The summed E-state index contributed by atoms with van der Waals surface area (Å²) in [6.45, 7) is 1.90. The van der Waals surface area contributed by atoms with E-state index in [9.17, 15) is 0 Å². The lowest BCUT2D eigenvalue weighted by molar-refractivity contribution is 0.756. The highest BCUT2D eigenvalue weighted by atomic mass is 14.0. The molecule has 0 radical (unpaired) electrons. The predicted octanol–water partition coefficient (Wildman–Crippen LogP) is 3.42. The van der Waals surface area contributed by atoms with Crippen LogP contribution >= 0.6 is 0 Å². The highest BCUT2D eigenvalue weighted by Gasteiger charge is 1.90. The minimum Gasteiger partial charge on any atom is -0.107 e. The zero-order valence-corrected chi connectivity index (χ0v) is 8.22. The Labute approximate surface area is 81.0 Å². The molecule has 0 spiro atoms. The molecule has 0 atom stereocenters. The lowest BCUT2D eigenvalue weighted by Gasteiger charge is -1.98. The maximum absolute atomic E-state index is 3.08. The molecule has 0 fully saturated rings. The van der Waals surface area contributed by atoms with Crippen LogP contribution in [0, 0.1) is 11.8 Å². The molecule has 1 aromatic carbocycles. The van der Waals surface area contributed by atoms with Gasteiger partial charge in [0.2, 0.25) is 0 Å². The van der Waals surface area contributed by atoms with Crippen molar-refractivity contribution in [2.45, 2.75) is 32.6 Å². The van der Waals surface area contributed by atoms with Crippen molar-refractivity contribution in [2.24, 2.45) is 0 Å². The Kier molecular flexibility index (Phi) is 4.79. The number of unbranched alkanes of at least 4 members (excludes halogenated alkanes) is 2. The second-order valence-electron chi connectivity index (χ2n) is 3.12. The van der Waals surface area contributed by atoms with E-state index in [1.54, 1.807) is 0 Å². The summed E-state index contributed by atoms with van der Waals surface area (Å²) in [7, 11) is 0. The first-order chi connectivity index (χ1) is 6.43. The van der Waals surface area contributed by atoms with E-state index in [0.29, 0.717) is 0 Å². The van der Waals surface area contributed by atoms with Crippen LogP contribution in [0.4, 0.5) is 0 Å². The minimum atomic E-state index is 1.04. The summed E-state index contributed by atoms with van der Waals surface area (Å²) in [6, 6.07) is 10.6. The average molecular weight is 172 g/mol. The normalized spacial score (nSPS) is 9.00. The molecule has 0 nitrogen and oxygen atoms in total. The molecule has 1 aromatic rings. The van der Waals surface area contributed by atoms with Crippen LogP contribution in [-0.4, -0.2) is 0 Å². The van der Waals surface area contributed by atoms with Crippen molar-refractivity contribution in [1.29, 1.82) is 0 Å². The van der Waals surface area contributed by atoms with Gasteiger partial charge in [0.25, 0.3) is 0 Å². The van der Waals surface area contributed by atoms with E-state index in [1.165, 1.54) is 24.8 Å². The van der Waals surface area contributed by atoms with Crippen LogP contribution in [0.1, 0.15) is 31.7 Å². The minimum absolute atomic E-state index is 1.04. The zero-order chi connectivity index (χ0) is 9.36. The molecule has 0 unspecified atom stereocenters.